The molecule has 4 aromatic rings. The second-order valence-corrected chi connectivity index (χ2v) is 7.10. The number of para-hydroxylation sites is 1. The molecule has 2 heterocycles. The van der Waals surface area contributed by atoms with Crippen molar-refractivity contribution in [3.8, 4) is 5.75 Å². The first-order chi connectivity index (χ1) is 14.6. The minimum Gasteiger partial charge on any atom is -0.484 e. The minimum absolute atomic E-state index is 0.141. The molecule has 0 aliphatic rings. The Hall–Kier alpha value is -3.58. The Labute approximate surface area is 178 Å². The number of aromatic nitrogens is 3. The number of hydrogen-bond donors (Lipinski definition) is 1. The summed E-state index contributed by atoms with van der Waals surface area (Å²) in [7, 11) is 0. The summed E-state index contributed by atoms with van der Waals surface area (Å²) in [4.78, 5) is 16.5. The Bertz CT molecular complexity index is 1170. The summed E-state index contributed by atoms with van der Waals surface area (Å²) < 4.78 is 12.8. The molecular formula is C22H19ClN4O3. The van der Waals surface area contributed by atoms with Crippen LogP contribution in [0.4, 0.5) is 5.95 Å². The van der Waals surface area contributed by atoms with Gasteiger partial charge in [0.15, 0.2) is 5.76 Å². The zero-order chi connectivity index (χ0) is 20.9. The average Bonchev–Trinajstić information content (AvgIpc) is 3.37. The molecule has 0 bridgehead atoms. The first kappa shape index (κ1) is 19.7. The number of halogens is 1. The molecule has 7 nitrogen and oxygen atoms in total. The van der Waals surface area contributed by atoms with E-state index in [1.165, 1.54) is 5.56 Å². The third-order valence-corrected chi connectivity index (χ3v) is 4.59. The molecule has 0 radical (unpaired) electrons. The van der Waals surface area contributed by atoms with Crippen LogP contribution in [-0.4, -0.2) is 20.7 Å². The maximum absolute atomic E-state index is 12.4. The molecule has 1 N–H and O–H groups in total. The van der Waals surface area contributed by atoms with Crippen LogP contribution in [0.25, 0.3) is 0 Å². The number of furan rings is 1. The molecule has 0 aliphatic heterocycles. The van der Waals surface area contributed by atoms with Gasteiger partial charge in [-0.3, -0.25) is 10.1 Å². The summed E-state index contributed by atoms with van der Waals surface area (Å²) in [6.07, 6.45) is 1.57. The van der Waals surface area contributed by atoms with E-state index in [0.717, 1.165) is 5.56 Å². The van der Waals surface area contributed by atoms with E-state index in [0.29, 0.717) is 23.1 Å². The molecule has 30 heavy (non-hydrogen) atoms. The van der Waals surface area contributed by atoms with Crippen LogP contribution < -0.4 is 10.1 Å². The lowest BCUT2D eigenvalue weighted by molar-refractivity contribution is 0.0991. The van der Waals surface area contributed by atoms with Crippen molar-refractivity contribution in [1.29, 1.82) is 0 Å². The number of amides is 1. The van der Waals surface area contributed by atoms with Crippen LogP contribution in [-0.2, 0) is 13.2 Å². The fourth-order valence-electron chi connectivity index (χ4n) is 2.88. The Balaban J connectivity index is 1.34. The maximum atomic E-state index is 12.4. The second kappa shape index (κ2) is 8.84. The molecule has 0 saturated heterocycles. The summed E-state index contributed by atoms with van der Waals surface area (Å²) in [5.41, 5.74) is 2.28. The highest BCUT2D eigenvalue weighted by atomic mass is 35.5. The van der Waals surface area contributed by atoms with Crippen LogP contribution in [0.2, 0.25) is 5.02 Å². The molecule has 0 unspecified atom stereocenters. The number of carbonyl (C=O) groups is 1. The summed E-state index contributed by atoms with van der Waals surface area (Å²) in [6.45, 7) is 2.75. The minimum atomic E-state index is -0.438. The average molecular weight is 423 g/mol. The van der Waals surface area contributed by atoms with Gasteiger partial charge in [-0.15, -0.1) is 5.10 Å². The van der Waals surface area contributed by atoms with Crippen molar-refractivity contribution in [2.45, 2.75) is 20.1 Å². The molecule has 2 aromatic carbocycles. The van der Waals surface area contributed by atoms with Gasteiger partial charge in [0.2, 0.25) is 5.95 Å². The van der Waals surface area contributed by atoms with Gasteiger partial charge in [-0.1, -0.05) is 53.6 Å². The van der Waals surface area contributed by atoms with E-state index in [1.54, 1.807) is 35.3 Å². The van der Waals surface area contributed by atoms with E-state index in [4.69, 9.17) is 20.8 Å². The molecule has 1 amide bonds. The van der Waals surface area contributed by atoms with E-state index in [-0.39, 0.29) is 18.3 Å². The molecule has 0 fully saturated rings. The lowest BCUT2D eigenvalue weighted by atomic mass is 10.1. The predicted molar refractivity (Wildman–Crippen MR) is 113 cm³/mol. The number of nitrogens with zero attached hydrogens (tertiary/aromatic N) is 3. The van der Waals surface area contributed by atoms with Crippen molar-refractivity contribution >= 4 is 23.5 Å². The van der Waals surface area contributed by atoms with Crippen molar-refractivity contribution in [3.63, 3.8) is 0 Å². The van der Waals surface area contributed by atoms with Gasteiger partial charge in [0.05, 0.1) is 11.6 Å². The number of nitrogens with one attached hydrogen (secondary N) is 1. The molecule has 0 atom stereocenters. The normalized spacial score (nSPS) is 10.7. The second-order valence-electron chi connectivity index (χ2n) is 6.69. The van der Waals surface area contributed by atoms with Crippen molar-refractivity contribution in [3.05, 3.63) is 94.7 Å². The molecule has 152 valence electrons. The Morgan fingerprint density at radius 1 is 1.17 bits per heavy atom. The van der Waals surface area contributed by atoms with Gasteiger partial charge in [-0.2, -0.15) is 0 Å². The number of aryl methyl sites for hydroxylation is 1. The van der Waals surface area contributed by atoms with Gasteiger partial charge >= 0.3 is 0 Å². The predicted octanol–water partition coefficient (Wildman–Crippen LogP) is 4.71. The van der Waals surface area contributed by atoms with E-state index in [2.05, 4.69) is 21.5 Å². The highest BCUT2D eigenvalue weighted by Crippen LogP contribution is 2.24. The molecule has 0 aliphatic carbocycles. The standard InChI is InChI=1S/C22H19ClN4O3/c1-15-5-4-6-16(11-15)12-27-14-24-22(26-27)25-21(28)20-10-9-17(30-20)13-29-19-8-3-2-7-18(19)23/h2-11,14H,12-13H2,1H3,(H,25,26,28). The van der Waals surface area contributed by atoms with Gasteiger partial charge in [0.1, 0.15) is 24.4 Å². The zero-order valence-corrected chi connectivity index (χ0v) is 17.0. The molecule has 0 saturated carbocycles. The first-order valence-electron chi connectivity index (χ1n) is 9.29. The lowest BCUT2D eigenvalue weighted by Gasteiger charge is -2.05. The van der Waals surface area contributed by atoms with Crippen LogP contribution in [0.1, 0.15) is 27.4 Å². The molecule has 0 spiro atoms. The number of ether oxygens (including phenoxy) is 1. The fraction of sp³-hybridized carbons (Fsp3) is 0.136. The number of rotatable bonds is 7. The Morgan fingerprint density at radius 2 is 2.03 bits per heavy atom. The molecule has 8 heteroatoms. The van der Waals surface area contributed by atoms with Crippen molar-refractivity contribution in [2.24, 2.45) is 0 Å². The summed E-state index contributed by atoms with van der Waals surface area (Å²) in [5, 5.41) is 7.43. The van der Waals surface area contributed by atoms with Crippen molar-refractivity contribution in [1.82, 2.24) is 14.8 Å². The number of carbonyl (C=O) groups excluding carboxylic acids is 1. The highest BCUT2D eigenvalue weighted by molar-refractivity contribution is 6.32. The van der Waals surface area contributed by atoms with Gasteiger partial charge in [0, 0.05) is 0 Å². The van der Waals surface area contributed by atoms with Crippen molar-refractivity contribution in [2.75, 3.05) is 5.32 Å². The van der Waals surface area contributed by atoms with Crippen LogP contribution in [0.3, 0.4) is 0 Å². The lowest BCUT2D eigenvalue weighted by Crippen LogP contribution is -2.12. The van der Waals surface area contributed by atoms with Gasteiger partial charge in [0.25, 0.3) is 5.91 Å². The molecular weight excluding hydrogens is 404 g/mol. The first-order valence-corrected chi connectivity index (χ1v) is 9.67. The Morgan fingerprint density at radius 3 is 2.87 bits per heavy atom. The summed E-state index contributed by atoms with van der Waals surface area (Å²) in [6, 6.07) is 18.5. The monoisotopic (exact) mass is 422 g/mol. The third kappa shape index (κ3) is 4.87. The Kier molecular flexibility index (Phi) is 5.81. The van der Waals surface area contributed by atoms with E-state index in [9.17, 15) is 4.79 Å². The largest absolute Gasteiger partial charge is 0.484 e. The number of hydrogen-bond acceptors (Lipinski definition) is 5. The molecule has 4 rings (SSSR count). The smallest absolute Gasteiger partial charge is 0.293 e. The zero-order valence-electron chi connectivity index (χ0n) is 16.2. The number of anilines is 1. The van der Waals surface area contributed by atoms with Crippen LogP contribution in [0.5, 0.6) is 5.75 Å². The SMILES string of the molecule is Cc1cccc(Cn2cnc(NC(=O)c3ccc(COc4ccccc4Cl)o3)n2)c1. The van der Waals surface area contributed by atoms with Gasteiger partial charge < -0.3 is 9.15 Å². The summed E-state index contributed by atoms with van der Waals surface area (Å²) in [5.74, 6) is 0.955. The van der Waals surface area contributed by atoms with Crippen LogP contribution >= 0.6 is 11.6 Å². The number of benzene rings is 2. The van der Waals surface area contributed by atoms with Crippen LogP contribution in [0, 0.1) is 6.92 Å². The van der Waals surface area contributed by atoms with Crippen molar-refractivity contribution < 1.29 is 13.9 Å². The highest BCUT2D eigenvalue weighted by Gasteiger charge is 2.14. The van der Waals surface area contributed by atoms with Gasteiger partial charge in [-0.25, -0.2) is 9.67 Å². The topological polar surface area (TPSA) is 82.2 Å². The molecule has 2 aromatic heterocycles. The summed E-state index contributed by atoms with van der Waals surface area (Å²) >= 11 is 6.06. The maximum Gasteiger partial charge on any atom is 0.293 e. The van der Waals surface area contributed by atoms with E-state index in [1.807, 2.05) is 37.3 Å². The van der Waals surface area contributed by atoms with E-state index >= 15 is 0 Å². The van der Waals surface area contributed by atoms with Gasteiger partial charge in [-0.05, 0) is 36.8 Å². The van der Waals surface area contributed by atoms with E-state index < -0.39 is 5.91 Å². The van der Waals surface area contributed by atoms with Crippen LogP contribution in [0.15, 0.2) is 71.4 Å². The fourth-order valence-corrected chi connectivity index (χ4v) is 3.07. The quantitative estimate of drug-likeness (QED) is 0.466. The third-order valence-electron chi connectivity index (χ3n) is 4.28.